The van der Waals surface area contributed by atoms with Crippen LogP contribution in [0.5, 0.6) is 0 Å². The molecule has 0 saturated heterocycles. The molecule has 0 aliphatic carbocycles. The minimum Gasteiger partial charge on any atom is -0.305 e. The highest BCUT2D eigenvalue weighted by Crippen LogP contribution is 2.28. The van der Waals surface area contributed by atoms with Gasteiger partial charge in [0, 0.05) is 13.1 Å². The van der Waals surface area contributed by atoms with Gasteiger partial charge in [0.25, 0.3) is 0 Å². The molecule has 0 aliphatic rings. The summed E-state index contributed by atoms with van der Waals surface area (Å²) in [6.07, 6.45) is 0. The molecule has 0 aliphatic heterocycles. The summed E-state index contributed by atoms with van der Waals surface area (Å²) in [6.45, 7) is 1.59. The Balaban J connectivity index is 1.83. The lowest BCUT2D eigenvalue weighted by atomic mass is 10.1. The lowest BCUT2D eigenvalue weighted by Crippen LogP contribution is -2.16. The van der Waals surface area contributed by atoms with Crippen LogP contribution in [0.2, 0.25) is 0 Å². The van der Waals surface area contributed by atoms with E-state index in [1.54, 1.807) is 36.7 Å². The van der Waals surface area contributed by atoms with Crippen LogP contribution >= 0.6 is 11.8 Å². The van der Waals surface area contributed by atoms with Crippen molar-refractivity contribution >= 4 is 17.5 Å². The predicted octanol–water partition coefficient (Wildman–Crippen LogP) is 4.26. The molecular weight excluding hydrogens is 363 g/mol. The van der Waals surface area contributed by atoms with E-state index in [4.69, 9.17) is 0 Å². The molecule has 1 aromatic heterocycles. The zero-order valence-electron chi connectivity index (χ0n) is 13.9. The molecule has 0 bridgehead atoms. The Morgan fingerprint density at radius 3 is 2.50 bits per heavy atom. The number of Topliss-reactive ketones (excluding diaryl/α,β-unsaturated/α-hetero) is 1. The van der Waals surface area contributed by atoms with Gasteiger partial charge in [0.1, 0.15) is 17.5 Å². The van der Waals surface area contributed by atoms with Crippen LogP contribution in [0.3, 0.4) is 0 Å². The maximum Gasteiger partial charge on any atom is 0.191 e. The summed E-state index contributed by atoms with van der Waals surface area (Å²) in [5.74, 6) is -2.27. The number of benzene rings is 2. The molecule has 1 unspecified atom stereocenters. The molecule has 0 N–H and O–H groups in total. The number of thioether (sulfide) groups is 1. The first kappa shape index (κ1) is 18.2. The Bertz CT molecular complexity index is 974. The van der Waals surface area contributed by atoms with Crippen molar-refractivity contribution in [3.8, 4) is 11.4 Å². The molecule has 0 radical (unpaired) electrons. The van der Waals surface area contributed by atoms with Crippen LogP contribution in [0.1, 0.15) is 17.3 Å². The van der Waals surface area contributed by atoms with Crippen LogP contribution in [0.25, 0.3) is 11.4 Å². The predicted molar refractivity (Wildman–Crippen MR) is 92.4 cm³/mol. The van der Waals surface area contributed by atoms with E-state index in [1.807, 2.05) is 0 Å². The monoisotopic (exact) mass is 377 g/mol. The summed E-state index contributed by atoms with van der Waals surface area (Å²) in [6, 6.07) is 8.98. The molecule has 2 aromatic carbocycles. The Morgan fingerprint density at radius 1 is 1.08 bits per heavy atom. The summed E-state index contributed by atoms with van der Waals surface area (Å²) in [5.41, 5.74) is 0.0980. The number of carbonyl (C=O) groups is 1. The minimum absolute atomic E-state index is 0.192. The van der Waals surface area contributed by atoms with E-state index in [1.165, 1.54) is 6.07 Å². The van der Waals surface area contributed by atoms with Gasteiger partial charge in [-0.3, -0.25) is 4.79 Å². The summed E-state index contributed by atoms with van der Waals surface area (Å²) in [5, 5.41) is 7.66. The fourth-order valence-electron chi connectivity index (χ4n) is 2.41. The first-order chi connectivity index (χ1) is 12.4. The largest absolute Gasteiger partial charge is 0.305 e. The van der Waals surface area contributed by atoms with Gasteiger partial charge in [-0.15, -0.1) is 10.2 Å². The molecule has 8 heteroatoms. The topological polar surface area (TPSA) is 47.8 Å². The average Bonchev–Trinajstić information content (AvgIpc) is 2.95. The first-order valence-corrected chi connectivity index (χ1v) is 8.56. The van der Waals surface area contributed by atoms with E-state index in [0.717, 1.165) is 23.9 Å². The van der Waals surface area contributed by atoms with E-state index < -0.39 is 28.5 Å². The van der Waals surface area contributed by atoms with Crippen LogP contribution in [-0.2, 0) is 7.05 Å². The molecule has 4 nitrogen and oxygen atoms in total. The molecule has 0 amide bonds. The normalized spacial score (nSPS) is 12.2. The molecular formula is C18H14F3N3OS. The van der Waals surface area contributed by atoms with Crippen LogP contribution in [0.4, 0.5) is 13.2 Å². The first-order valence-electron chi connectivity index (χ1n) is 7.68. The molecule has 0 spiro atoms. The van der Waals surface area contributed by atoms with Gasteiger partial charge in [0.2, 0.25) is 0 Å². The second-order valence-corrected chi connectivity index (χ2v) is 6.90. The summed E-state index contributed by atoms with van der Waals surface area (Å²) >= 11 is 1.06. The van der Waals surface area contributed by atoms with E-state index in [-0.39, 0.29) is 11.1 Å². The van der Waals surface area contributed by atoms with Crippen LogP contribution in [-0.4, -0.2) is 25.8 Å². The van der Waals surface area contributed by atoms with E-state index in [0.29, 0.717) is 17.0 Å². The van der Waals surface area contributed by atoms with Crippen LogP contribution < -0.4 is 0 Å². The minimum atomic E-state index is -0.910. The van der Waals surface area contributed by atoms with Crippen molar-refractivity contribution in [2.45, 2.75) is 17.3 Å². The fraction of sp³-hybridized carbons (Fsp3) is 0.167. The van der Waals surface area contributed by atoms with Gasteiger partial charge in [-0.1, -0.05) is 23.9 Å². The number of carbonyl (C=O) groups excluding carboxylic acids is 1. The van der Waals surface area contributed by atoms with Crippen molar-refractivity contribution < 1.29 is 18.0 Å². The Morgan fingerprint density at radius 2 is 1.81 bits per heavy atom. The number of nitrogens with zero attached hydrogens (tertiary/aromatic N) is 3. The van der Waals surface area contributed by atoms with Crippen molar-refractivity contribution in [1.29, 1.82) is 0 Å². The number of hydrogen-bond donors (Lipinski definition) is 0. The highest BCUT2D eigenvalue weighted by Gasteiger charge is 2.23. The molecule has 134 valence electrons. The van der Waals surface area contributed by atoms with Crippen LogP contribution in [0.15, 0.2) is 47.6 Å². The van der Waals surface area contributed by atoms with Gasteiger partial charge in [0.15, 0.2) is 16.8 Å². The van der Waals surface area contributed by atoms with Gasteiger partial charge in [-0.25, -0.2) is 13.2 Å². The zero-order valence-corrected chi connectivity index (χ0v) is 14.7. The summed E-state index contributed by atoms with van der Waals surface area (Å²) < 4.78 is 42.3. The Labute approximate surface area is 152 Å². The second-order valence-electron chi connectivity index (χ2n) is 5.59. The number of hydrogen-bond acceptors (Lipinski definition) is 4. The molecule has 3 aromatic rings. The lowest BCUT2D eigenvalue weighted by Gasteiger charge is -2.11. The third kappa shape index (κ3) is 3.50. The summed E-state index contributed by atoms with van der Waals surface area (Å²) in [7, 11) is 1.65. The van der Waals surface area contributed by atoms with Crippen molar-refractivity contribution in [2.24, 2.45) is 7.05 Å². The van der Waals surface area contributed by atoms with Crippen LogP contribution in [0, 0.1) is 17.5 Å². The zero-order chi connectivity index (χ0) is 18.8. The highest BCUT2D eigenvalue weighted by molar-refractivity contribution is 8.00. The third-order valence-corrected chi connectivity index (χ3v) is 4.93. The quantitative estimate of drug-likeness (QED) is 0.492. The van der Waals surface area contributed by atoms with Gasteiger partial charge < -0.3 is 4.57 Å². The van der Waals surface area contributed by atoms with Gasteiger partial charge >= 0.3 is 0 Å². The Kier molecular flexibility index (Phi) is 5.13. The average molecular weight is 377 g/mol. The summed E-state index contributed by atoms with van der Waals surface area (Å²) in [4.78, 5) is 12.4. The van der Waals surface area contributed by atoms with Gasteiger partial charge in [-0.05, 0) is 31.2 Å². The number of halogens is 3. The fourth-order valence-corrected chi connectivity index (χ4v) is 3.30. The number of rotatable bonds is 5. The number of ketones is 1. The lowest BCUT2D eigenvalue weighted by molar-refractivity contribution is 0.0990. The van der Waals surface area contributed by atoms with Gasteiger partial charge in [-0.2, -0.15) is 0 Å². The molecule has 0 saturated carbocycles. The smallest absolute Gasteiger partial charge is 0.191 e. The molecule has 0 fully saturated rings. The standard InChI is InChI=1S/C18H14F3N3OS/c1-10(16(25)12-8-7-11(19)9-15(12)21)26-18-23-22-17(24(18)2)13-5-3-4-6-14(13)20/h3-10H,1-2H3. The molecule has 1 heterocycles. The van der Waals surface area contributed by atoms with Crippen molar-refractivity contribution in [2.75, 3.05) is 0 Å². The second kappa shape index (κ2) is 7.33. The van der Waals surface area contributed by atoms with E-state index in [2.05, 4.69) is 10.2 Å². The molecule has 26 heavy (non-hydrogen) atoms. The molecule has 1 atom stereocenters. The van der Waals surface area contributed by atoms with Gasteiger partial charge in [0.05, 0.1) is 16.4 Å². The Hall–Kier alpha value is -2.61. The number of aromatic nitrogens is 3. The van der Waals surface area contributed by atoms with E-state index in [9.17, 15) is 18.0 Å². The van der Waals surface area contributed by atoms with Crippen molar-refractivity contribution in [3.05, 3.63) is 65.5 Å². The maximum atomic E-state index is 13.9. The van der Waals surface area contributed by atoms with Crippen molar-refractivity contribution in [1.82, 2.24) is 14.8 Å². The highest BCUT2D eigenvalue weighted by atomic mass is 32.2. The molecule has 3 rings (SSSR count). The third-order valence-electron chi connectivity index (χ3n) is 3.80. The van der Waals surface area contributed by atoms with Crippen molar-refractivity contribution in [3.63, 3.8) is 0 Å². The van der Waals surface area contributed by atoms with E-state index >= 15 is 0 Å². The SMILES string of the molecule is CC(Sc1nnc(-c2ccccc2F)n1C)C(=O)c1ccc(F)cc1F. The maximum absolute atomic E-state index is 13.9.